The normalized spacial score (nSPS) is 21.8. The number of nitrogens with one attached hydrogen (secondary N) is 1. The molecule has 1 amide bonds. The third kappa shape index (κ3) is 2.38. The maximum Gasteiger partial charge on any atom is 0.292 e. The summed E-state index contributed by atoms with van der Waals surface area (Å²) in [4.78, 5) is 24.1. The molecule has 0 spiro atoms. The minimum absolute atomic E-state index is 0.00915. The lowest BCUT2D eigenvalue weighted by Crippen LogP contribution is -2.39. The molecule has 1 aliphatic heterocycles. The van der Waals surface area contributed by atoms with Gasteiger partial charge in [0.25, 0.3) is 5.69 Å². The summed E-state index contributed by atoms with van der Waals surface area (Å²) in [5.74, 6) is 0.00915. The van der Waals surface area contributed by atoms with Gasteiger partial charge in [-0.3, -0.25) is 14.9 Å². The lowest BCUT2D eigenvalue weighted by molar-refractivity contribution is -0.383. The average Bonchev–Trinajstić information content (AvgIpc) is 2.81. The Morgan fingerprint density at radius 1 is 1.55 bits per heavy atom. The van der Waals surface area contributed by atoms with Gasteiger partial charge in [0.1, 0.15) is 5.69 Å². The average molecular weight is 278 g/mol. The van der Waals surface area contributed by atoms with Gasteiger partial charge in [0, 0.05) is 31.9 Å². The zero-order valence-electron chi connectivity index (χ0n) is 11.5. The number of nitrogen functional groups attached to an aromatic ring is 1. The molecule has 1 aliphatic rings. The van der Waals surface area contributed by atoms with Crippen LogP contribution in [0.5, 0.6) is 0 Å². The van der Waals surface area contributed by atoms with E-state index >= 15 is 0 Å². The Hall–Kier alpha value is -2.31. The van der Waals surface area contributed by atoms with Crippen LogP contribution in [-0.2, 0) is 4.79 Å². The van der Waals surface area contributed by atoms with Crippen molar-refractivity contribution in [1.29, 1.82) is 0 Å². The molecule has 0 aromatic heterocycles. The Kier molecular flexibility index (Phi) is 3.52. The molecule has 1 atom stereocenters. The van der Waals surface area contributed by atoms with Crippen LogP contribution in [-0.4, -0.2) is 31.0 Å². The fourth-order valence-corrected chi connectivity index (χ4v) is 2.57. The molecule has 1 aromatic carbocycles. The third-order valence-electron chi connectivity index (χ3n) is 3.82. The van der Waals surface area contributed by atoms with E-state index in [9.17, 15) is 14.9 Å². The number of nitrogens with zero attached hydrogens (tertiary/aromatic N) is 2. The summed E-state index contributed by atoms with van der Waals surface area (Å²) >= 11 is 0. The molecule has 108 valence electrons. The van der Waals surface area contributed by atoms with Crippen LogP contribution in [0.2, 0.25) is 0 Å². The van der Waals surface area contributed by atoms with Crippen LogP contribution in [0, 0.1) is 15.5 Å². The number of carbonyl (C=O) groups is 1. The molecular formula is C13H18N4O3. The number of nitrogens with two attached hydrogens (primary N) is 1. The third-order valence-corrected chi connectivity index (χ3v) is 3.82. The second-order valence-electron chi connectivity index (χ2n) is 5.31. The molecule has 1 heterocycles. The van der Waals surface area contributed by atoms with Crippen molar-refractivity contribution in [3.63, 3.8) is 0 Å². The fraction of sp³-hybridized carbons (Fsp3) is 0.462. The van der Waals surface area contributed by atoms with Gasteiger partial charge >= 0.3 is 0 Å². The Morgan fingerprint density at radius 3 is 2.80 bits per heavy atom. The van der Waals surface area contributed by atoms with Gasteiger partial charge in [-0.2, -0.15) is 0 Å². The van der Waals surface area contributed by atoms with Crippen molar-refractivity contribution in [2.75, 3.05) is 30.8 Å². The number of benzene rings is 1. The molecular weight excluding hydrogens is 260 g/mol. The summed E-state index contributed by atoms with van der Waals surface area (Å²) in [5, 5.41) is 13.4. The predicted octanol–water partition coefficient (Wildman–Crippen LogP) is 1.14. The van der Waals surface area contributed by atoms with Crippen molar-refractivity contribution in [2.45, 2.75) is 13.3 Å². The largest absolute Gasteiger partial charge is 0.393 e. The van der Waals surface area contributed by atoms with Gasteiger partial charge in [0.15, 0.2) is 0 Å². The minimum atomic E-state index is -0.502. The molecule has 1 saturated heterocycles. The molecule has 3 N–H and O–H groups in total. The summed E-state index contributed by atoms with van der Waals surface area (Å²) in [5.41, 5.74) is 6.11. The van der Waals surface area contributed by atoms with Crippen LogP contribution < -0.4 is 16.0 Å². The first kappa shape index (κ1) is 14.1. The predicted molar refractivity (Wildman–Crippen MR) is 76.5 cm³/mol. The number of hydrogen-bond donors (Lipinski definition) is 2. The van der Waals surface area contributed by atoms with Crippen molar-refractivity contribution in [3.05, 3.63) is 28.3 Å². The van der Waals surface area contributed by atoms with Crippen molar-refractivity contribution in [3.8, 4) is 0 Å². The molecule has 0 bridgehead atoms. The van der Waals surface area contributed by atoms with E-state index in [-0.39, 0.29) is 17.3 Å². The quantitative estimate of drug-likeness (QED) is 0.490. The Morgan fingerprint density at radius 2 is 2.25 bits per heavy atom. The summed E-state index contributed by atoms with van der Waals surface area (Å²) in [7, 11) is 1.63. The summed E-state index contributed by atoms with van der Waals surface area (Å²) in [6, 6.07) is 4.66. The van der Waals surface area contributed by atoms with E-state index in [1.165, 1.54) is 6.07 Å². The van der Waals surface area contributed by atoms with E-state index in [2.05, 4.69) is 5.32 Å². The van der Waals surface area contributed by atoms with Crippen molar-refractivity contribution in [2.24, 2.45) is 5.41 Å². The zero-order valence-corrected chi connectivity index (χ0v) is 11.5. The van der Waals surface area contributed by atoms with E-state index in [0.717, 1.165) is 18.7 Å². The van der Waals surface area contributed by atoms with Gasteiger partial charge in [-0.15, -0.1) is 0 Å². The number of carbonyl (C=O) groups excluding carboxylic acids is 1. The van der Waals surface area contributed by atoms with Crippen molar-refractivity contribution < 1.29 is 9.72 Å². The highest BCUT2D eigenvalue weighted by atomic mass is 16.6. The van der Waals surface area contributed by atoms with E-state index in [4.69, 9.17) is 5.73 Å². The van der Waals surface area contributed by atoms with Gasteiger partial charge in [-0.1, -0.05) is 0 Å². The molecule has 7 heteroatoms. The summed E-state index contributed by atoms with van der Waals surface area (Å²) in [6.45, 7) is 3.21. The molecule has 1 fully saturated rings. The molecule has 0 aliphatic carbocycles. The monoisotopic (exact) mass is 278 g/mol. The number of nitro benzene ring substituents is 1. The standard InChI is InChI=1S/C13H18N4O3/c1-13(12(18)15-2)5-6-16(8-13)9-3-4-11(17(19)20)10(14)7-9/h3-4,7H,5-6,8,14H2,1-2H3,(H,15,18). The topological polar surface area (TPSA) is 102 Å². The first-order valence-corrected chi connectivity index (χ1v) is 6.38. The van der Waals surface area contributed by atoms with Crippen LogP contribution >= 0.6 is 0 Å². The van der Waals surface area contributed by atoms with E-state index < -0.39 is 10.3 Å². The van der Waals surface area contributed by atoms with E-state index in [0.29, 0.717) is 6.54 Å². The maximum absolute atomic E-state index is 11.9. The Balaban J connectivity index is 2.21. The van der Waals surface area contributed by atoms with Crippen molar-refractivity contribution >= 4 is 23.0 Å². The van der Waals surface area contributed by atoms with Gasteiger partial charge in [-0.05, 0) is 25.5 Å². The molecule has 7 nitrogen and oxygen atoms in total. The van der Waals surface area contributed by atoms with E-state index in [1.807, 2.05) is 11.8 Å². The summed E-state index contributed by atoms with van der Waals surface area (Å²) < 4.78 is 0. The van der Waals surface area contributed by atoms with Crippen LogP contribution in [0.1, 0.15) is 13.3 Å². The SMILES string of the molecule is CNC(=O)C1(C)CCN(c2ccc([N+](=O)[O-])c(N)c2)C1. The van der Waals surface area contributed by atoms with Gasteiger partial charge < -0.3 is 16.0 Å². The molecule has 0 radical (unpaired) electrons. The lowest BCUT2D eigenvalue weighted by atomic mass is 9.89. The number of hydrogen-bond acceptors (Lipinski definition) is 5. The van der Waals surface area contributed by atoms with Crippen LogP contribution in [0.15, 0.2) is 18.2 Å². The van der Waals surface area contributed by atoms with Gasteiger partial charge in [0.2, 0.25) is 5.91 Å². The highest BCUT2D eigenvalue weighted by molar-refractivity contribution is 5.83. The molecule has 1 aromatic rings. The maximum atomic E-state index is 11.9. The molecule has 20 heavy (non-hydrogen) atoms. The smallest absolute Gasteiger partial charge is 0.292 e. The van der Waals surface area contributed by atoms with Crippen LogP contribution in [0.4, 0.5) is 17.1 Å². The summed E-state index contributed by atoms with van der Waals surface area (Å²) in [6.07, 6.45) is 0.740. The Bertz CT molecular complexity index is 561. The highest BCUT2D eigenvalue weighted by Crippen LogP contribution is 2.35. The number of anilines is 2. The number of rotatable bonds is 3. The Labute approximate surface area is 116 Å². The van der Waals surface area contributed by atoms with Crippen molar-refractivity contribution in [1.82, 2.24) is 5.32 Å². The van der Waals surface area contributed by atoms with Gasteiger partial charge in [-0.25, -0.2) is 0 Å². The second-order valence-corrected chi connectivity index (χ2v) is 5.31. The minimum Gasteiger partial charge on any atom is -0.393 e. The molecule has 0 saturated carbocycles. The van der Waals surface area contributed by atoms with Crippen LogP contribution in [0.25, 0.3) is 0 Å². The highest BCUT2D eigenvalue weighted by Gasteiger charge is 2.40. The lowest BCUT2D eigenvalue weighted by Gasteiger charge is -2.24. The number of amides is 1. The van der Waals surface area contributed by atoms with Crippen LogP contribution in [0.3, 0.4) is 0 Å². The molecule has 2 rings (SSSR count). The molecule has 1 unspecified atom stereocenters. The van der Waals surface area contributed by atoms with Gasteiger partial charge in [0.05, 0.1) is 10.3 Å². The second kappa shape index (κ2) is 4.99. The number of nitro groups is 1. The zero-order chi connectivity index (χ0) is 14.9. The fourth-order valence-electron chi connectivity index (χ4n) is 2.57. The van der Waals surface area contributed by atoms with E-state index in [1.54, 1.807) is 19.2 Å². The first-order valence-electron chi connectivity index (χ1n) is 6.38. The first-order chi connectivity index (χ1) is 9.37.